The van der Waals surface area contributed by atoms with Crippen LogP contribution in [0, 0.1) is 0 Å². The van der Waals surface area contributed by atoms with Crippen LogP contribution in [0.15, 0.2) is 29.4 Å². The SMILES string of the molecule is CCOC(=O)CON=C(C)c1ccc(O[Si](C)(C)C(C)(C)C)cc1. The Morgan fingerprint density at radius 3 is 2.25 bits per heavy atom. The van der Waals surface area contributed by atoms with Gasteiger partial charge in [0, 0.05) is 0 Å². The highest BCUT2D eigenvalue weighted by molar-refractivity contribution is 6.74. The summed E-state index contributed by atoms with van der Waals surface area (Å²) in [7, 11) is -1.84. The first-order chi connectivity index (χ1) is 11.1. The van der Waals surface area contributed by atoms with Crippen molar-refractivity contribution in [3.05, 3.63) is 29.8 Å². The highest BCUT2D eigenvalue weighted by atomic mass is 28.4. The van der Waals surface area contributed by atoms with E-state index in [2.05, 4.69) is 39.0 Å². The van der Waals surface area contributed by atoms with E-state index in [1.807, 2.05) is 31.2 Å². The number of oxime groups is 1. The summed E-state index contributed by atoms with van der Waals surface area (Å²) in [5.41, 5.74) is 1.61. The van der Waals surface area contributed by atoms with Crippen LogP contribution in [0.1, 0.15) is 40.2 Å². The largest absolute Gasteiger partial charge is 0.544 e. The van der Waals surface area contributed by atoms with Crippen molar-refractivity contribution in [2.24, 2.45) is 5.16 Å². The van der Waals surface area contributed by atoms with E-state index in [1.165, 1.54) is 0 Å². The predicted octanol–water partition coefficient (Wildman–Crippen LogP) is 4.37. The summed E-state index contributed by atoms with van der Waals surface area (Å²) in [6, 6.07) is 7.77. The van der Waals surface area contributed by atoms with E-state index < -0.39 is 14.3 Å². The van der Waals surface area contributed by atoms with Crippen LogP contribution in [0.25, 0.3) is 0 Å². The number of ether oxygens (including phenoxy) is 1. The normalized spacial score (nSPS) is 12.7. The second kappa shape index (κ2) is 8.33. The molecule has 5 nitrogen and oxygen atoms in total. The summed E-state index contributed by atoms with van der Waals surface area (Å²) < 4.78 is 11.0. The Kier molecular flexibility index (Phi) is 7.02. The molecular weight excluding hydrogens is 322 g/mol. The van der Waals surface area contributed by atoms with Gasteiger partial charge in [0.15, 0.2) is 0 Å². The van der Waals surface area contributed by atoms with E-state index in [1.54, 1.807) is 6.92 Å². The van der Waals surface area contributed by atoms with Crippen molar-refractivity contribution in [2.45, 2.75) is 52.8 Å². The molecule has 0 N–H and O–H groups in total. The van der Waals surface area contributed by atoms with Crippen molar-refractivity contribution >= 4 is 20.0 Å². The number of nitrogens with zero attached hydrogens (tertiary/aromatic N) is 1. The average Bonchev–Trinajstić information content (AvgIpc) is 2.46. The zero-order chi connectivity index (χ0) is 18.4. The molecule has 0 unspecified atom stereocenters. The summed E-state index contributed by atoms with van der Waals surface area (Å²) in [4.78, 5) is 16.2. The molecule has 0 aliphatic heterocycles. The van der Waals surface area contributed by atoms with E-state index >= 15 is 0 Å². The molecule has 0 aromatic heterocycles. The van der Waals surface area contributed by atoms with Crippen molar-refractivity contribution in [3.63, 3.8) is 0 Å². The Morgan fingerprint density at radius 1 is 1.17 bits per heavy atom. The summed E-state index contributed by atoms with van der Waals surface area (Å²) in [5.74, 6) is 0.442. The molecule has 0 heterocycles. The third-order valence-electron chi connectivity index (χ3n) is 4.14. The summed E-state index contributed by atoms with van der Waals surface area (Å²) in [6.45, 7) is 14.8. The van der Waals surface area contributed by atoms with Crippen LogP contribution in [0.4, 0.5) is 0 Å². The van der Waals surface area contributed by atoms with Gasteiger partial charge in [0.1, 0.15) is 5.75 Å². The first-order valence-corrected chi connectivity index (χ1v) is 11.1. The Labute approximate surface area is 146 Å². The molecule has 6 heteroatoms. The molecule has 0 atom stereocenters. The number of hydrogen-bond donors (Lipinski definition) is 0. The van der Waals surface area contributed by atoms with Crippen LogP contribution >= 0.6 is 0 Å². The van der Waals surface area contributed by atoms with E-state index in [-0.39, 0.29) is 11.6 Å². The third kappa shape index (κ3) is 6.00. The van der Waals surface area contributed by atoms with Crippen LogP contribution in [0.5, 0.6) is 5.75 Å². The molecule has 0 amide bonds. The van der Waals surface area contributed by atoms with Crippen LogP contribution in [0.2, 0.25) is 18.1 Å². The quantitative estimate of drug-likeness (QED) is 0.317. The summed E-state index contributed by atoms with van der Waals surface area (Å²) in [5, 5.41) is 4.10. The van der Waals surface area contributed by atoms with Gasteiger partial charge in [0.2, 0.25) is 14.9 Å². The standard InChI is InChI=1S/C18H29NO4Si/c1-8-21-17(20)13-22-19-14(2)15-9-11-16(12-10-15)23-24(6,7)18(3,4)5/h9-12H,8,13H2,1-7H3. The lowest BCUT2D eigenvalue weighted by Gasteiger charge is -2.36. The van der Waals surface area contributed by atoms with Gasteiger partial charge >= 0.3 is 5.97 Å². The van der Waals surface area contributed by atoms with Crippen molar-refractivity contribution < 1.29 is 18.8 Å². The minimum Gasteiger partial charge on any atom is -0.544 e. The maximum absolute atomic E-state index is 11.2. The van der Waals surface area contributed by atoms with Crippen molar-refractivity contribution in [2.75, 3.05) is 13.2 Å². The van der Waals surface area contributed by atoms with E-state index in [9.17, 15) is 4.79 Å². The summed E-state index contributed by atoms with van der Waals surface area (Å²) >= 11 is 0. The van der Waals surface area contributed by atoms with Crippen LogP contribution in [-0.2, 0) is 14.4 Å². The first-order valence-electron chi connectivity index (χ1n) is 8.18. The molecule has 0 aliphatic carbocycles. The number of rotatable bonds is 7. The third-order valence-corrected chi connectivity index (χ3v) is 8.50. The lowest BCUT2D eigenvalue weighted by Crippen LogP contribution is -2.43. The Balaban J connectivity index is 2.68. The fourth-order valence-corrected chi connectivity index (χ4v) is 2.68. The maximum atomic E-state index is 11.2. The van der Waals surface area contributed by atoms with E-state index in [4.69, 9.17) is 14.0 Å². The lowest BCUT2D eigenvalue weighted by molar-refractivity contribution is -0.148. The van der Waals surface area contributed by atoms with Crippen molar-refractivity contribution in [1.82, 2.24) is 0 Å². The zero-order valence-electron chi connectivity index (χ0n) is 15.8. The second-order valence-electron chi connectivity index (χ2n) is 7.14. The van der Waals surface area contributed by atoms with Gasteiger partial charge in [-0.2, -0.15) is 0 Å². The van der Waals surface area contributed by atoms with Gasteiger partial charge in [0.25, 0.3) is 0 Å². The summed E-state index contributed by atoms with van der Waals surface area (Å²) in [6.07, 6.45) is 0. The van der Waals surface area contributed by atoms with Gasteiger partial charge in [-0.15, -0.1) is 0 Å². The van der Waals surface area contributed by atoms with Gasteiger partial charge in [0.05, 0.1) is 12.3 Å². The van der Waals surface area contributed by atoms with Crippen molar-refractivity contribution in [1.29, 1.82) is 0 Å². The molecule has 1 aromatic carbocycles. The number of esters is 1. The Morgan fingerprint density at radius 2 is 1.75 bits per heavy atom. The van der Waals surface area contributed by atoms with Gasteiger partial charge < -0.3 is 14.0 Å². The number of benzene rings is 1. The first kappa shape index (κ1) is 20.2. The highest BCUT2D eigenvalue weighted by Crippen LogP contribution is 2.37. The highest BCUT2D eigenvalue weighted by Gasteiger charge is 2.38. The number of carbonyl (C=O) groups is 1. The van der Waals surface area contributed by atoms with Crippen LogP contribution in [-0.4, -0.2) is 33.2 Å². The van der Waals surface area contributed by atoms with Crippen LogP contribution < -0.4 is 4.43 Å². The maximum Gasteiger partial charge on any atom is 0.347 e. The second-order valence-corrected chi connectivity index (χ2v) is 11.9. The molecule has 1 rings (SSSR count). The molecule has 0 saturated carbocycles. The molecule has 0 bridgehead atoms. The zero-order valence-corrected chi connectivity index (χ0v) is 16.8. The van der Waals surface area contributed by atoms with Gasteiger partial charge in [-0.3, -0.25) is 0 Å². The van der Waals surface area contributed by atoms with E-state index in [0.717, 1.165) is 11.3 Å². The number of carbonyl (C=O) groups excluding carboxylic acids is 1. The van der Waals surface area contributed by atoms with Crippen LogP contribution in [0.3, 0.4) is 0 Å². The van der Waals surface area contributed by atoms with Gasteiger partial charge in [-0.25, -0.2) is 4.79 Å². The van der Waals surface area contributed by atoms with E-state index in [0.29, 0.717) is 12.3 Å². The average molecular weight is 352 g/mol. The van der Waals surface area contributed by atoms with Gasteiger partial charge in [-0.05, 0) is 61.8 Å². The molecule has 24 heavy (non-hydrogen) atoms. The smallest absolute Gasteiger partial charge is 0.347 e. The van der Waals surface area contributed by atoms with Crippen molar-refractivity contribution in [3.8, 4) is 5.75 Å². The Bertz CT molecular complexity index is 574. The molecule has 0 fully saturated rings. The predicted molar refractivity (Wildman–Crippen MR) is 99.1 cm³/mol. The molecule has 134 valence electrons. The Hall–Kier alpha value is -1.82. The lowest BCUT2D eigenvalue weighted by atomic mass is 10.1. The fraction of sp³-hybridized carbons (Fsp3) is 0.556. The minimum absolute atomic E-state index is 0.157. The molecule has 1 aromatic rings. The monoisotopic (exact) mass is 351 g/mol. The molecule has 0 saturated heterocycles. The van der Waals surface area contributed by atoms with Gasteiger partial charge in [-0.1, -0.05) is 25.9 Å². The fourth-order valence-electron chi connectivity index (χ4n) is 1.65. The molecular formula is C18H29NO4Si. The number of hydrogen-bond acceptors (Lipinski definition) is 5. The minimum atomic E-state index is -1.84. The molecule has 0 spiro atoms. The molecule has 0 radical (unpaired) electrons. The molecule has 0 aliphatic rings. The topological polar surface area (TPSA) is 57.1 Å².